The molecular formula is C22H30N4O. The Labute approximate surface area is 161 Å². The fourth-order valence-corrected chi connectivity index (χ4v) is 3.45. The minimum Gasteiger partial charge on any atom is -0.381 e. The lowest BCUT2D eigenvalue weighted by atomic mass is 10.0. The highest BCUT2D eigenvalue weighted by atomic mass is 16.5. The average Bonchev–Trinajstić information content (AvgIpc) is 2.94. The van der Waals surface area contributed by atoms with E-state index in [4.69, 9.17) is 19.7 Å². The second-order valence-corrected chi connectivity index (χ2v) is 7.58. The zero-order valence-corrected chi connectivity index (χ0v) is 17.5. The van der Waals surface area contributed by atoms with Gasteiger partial charge in [0.1, 0.15) is 5.52 Å². The Morgan fingerprint density at radius 2 is 1.85 bits per heavy atom. The van der Waals surface area contributed by atoms with Crippen molar-refractivity contribution in [3.05, 3.63) is 41.0 Å². The first-order valence-electron chi connectivity index (χ1n) is 9.71. The third kappa shape index (κ3) is 3.74. The van der Waals surface area contributed by atoms with Crippen LogP contribution in [0, 0.1) is 6.92 Å². The molecule has 5 nitrogen and oxygen atoms in total. The van der Waals surface area contributed by atoms with Crippen LogP contribution in [0.5, 0.6) is 0 Å². The number of ether oxygens (including phenoxy) is 1. The summed E-state index contributed by atoms with van der Waals surface area (Å²) in [5, 5.41) is 0. The summed E-state index contributed by atoms with van der Waals surface area (Å²) in [5.74, 6) is 0.414. The van der Waals surface area contributed by atoms with Gasteiger partial charge >= 0.3 is 0 Å². The molecule has 0 aliphatic rings. The van der Waals surface area contributed by atoms with Crippen LogP contribution in [0.1, 0.15) is 56.3 Å². The van der Waals surface area contributed by atoms with Gasteiger partial charge in [-0.2, -0.15) is 0 Å². The molecule has 3 heterocycles. The van der Waals surface area contributed by atoms with E-state index in [1.54, 1.807) is 7.11 Å². The number of aryl methyl sites for hydroxylation is 3. The summed E-state index contributed by atoms with van der Waals surface area (Å²) in [6.07, 6.45) is 3.96. The summed E-state index contributed by atoms with van der Waals surface area (Å²) in [7, 11) is 3.77. The van der Waals surface area contributed by atoms with Crippen molar-refractivity contribution in [3.63, 3.8) is 0 Å². The minimum atomic E-state index is 0.150. The van der Waals surface area contributed by atoms with Crippen molar-refractivity contribution in [2.45, 2.75) is 59.5 Å². The Hall–Kier alpha value is -2.27. The maximum atomic E-state index is 5.43. The van der Waals surface area contributed by atoms with Crippen molar-refractivity contribution >= 4 is 11.2 Å². The zero-order valence-electron chi connectivity index (χ0n) is 17.5. The Bertz CT molecular complexity index is 959. The van der Waals surface area contributed by atoms with Gasteiger partial charge in [-0.3, -0.25) is 4.98 Å². The fraction of sp³-hybridized carbons (Fsp3) is 0.500. The Morgan fingerprint density at radius 3 is 2.48 bits per heavy atom. The first-order valence-corrected chi connectivity index (χ1v) is 9.71. The third-order valence-electron chi connectivity index (χ3n) is 5.13. The van der Waals surface area contributed by atoms with Crippen LogP contribution in [-0.2, 0) is 24.6 Å². The molecule has 0 aliphatic carbocycles. The molecule has 144 valence electrons. The lowest BCUT2D eigenvalue weighted by Crippen LogP contribution is -2.08. The number of hydrogen-bond acceptors (Lipinski definition) is 4. The van der Waals surface area contributed by atoms with E-state index in [1.165, 1.54) is 5.56 Å². The minimum absolute atomic E-state index is 0.150. The highest BCUT2D eigenvalue weighted by molar-refractivity contribution is 5.80. The molecule has 0 saturated carbocycles. The molecule has 0 bridgehead atoms. The Balaban J connectivity index is 2.14. The SMILES string of the molecule is CCc1nc(C(C)C)ccc1-c1nc2c(nc1C)c(CC(C)OC)cn2C. The van der Waals surface area contributed by atoms with E-state index in [1.807, 2.05) is 14.0 Å². The van der Waals surface area contributed by atoms with Crippen molar-refractivity contribution in [2.75, 3.05) is 7.11 Å². The summed E-state index contributed by atoms with van der Waals surface area (Å²) in [4.78, 5) is 14.8. The predicted molar refractivity (Wildman–Crippen MR) is 110 cm³/mol. The van der Waals surface area contributed by atoms with Gasteiger partial charge < -0.3 is 9.30 Å². The molecule has 3 rings (SSSR count). The smallest absolute Gasteiger partial charge is 0.159 e. The normalized spacial score (nSPS) is 12.9. The maximum absolute atomic E-state index is 5.43. The highest BCUT2D eigenvalue weighted by Crippen LogP contribution is 2.29. The van der Waals surface area contributed by atoms with Gasteiger partial charge in [-0.1, -0.05) is 20.8 Å². The second kappa shape index (κ2) is 7.77. The van der Waals surface area contributed by atoms with E-state index < -0.39 is 0 Å². The molecule has 27 heavy (non-hydrogen) atoms. The second-order valence-electron chi connectivity index (χ2n) is 7.58. The average molecular weight is 367 g/mol. The van der Waals surface area contributed by atoms with Gasteiger partial charge in [-0.25, -0.2) is 9.97 Å². The van der Waals surface area contributed by atoms with E-state index in [0.29, 0.717) is 5.92 Å². The predicted octanol–water partition coefficient (Wildman–Crippen LogP) is 4.60. The van der Waals surface area contributed by atoms with Gasteiger partial charge in [-0.15, -0.1) is 0 Å². The first kappa shape index (κ1) is 19.5. The summed E-state index contributed by atoms with van der Waals surface area (Å²) in [5.41, 5.74) is 8.20. The van der Waals surface area contributed by atoms with Gasteiger partial charge in [0.25, 0.3) is 0 Å². The van der Waals surface area contributed by atoms with Crippen LogP contribution in [0.4, 0.5) is 0 Å². The molecule has 3 aromatic rings. The zero-order chi connectivity index (χ0) is 19.7. The van der Waals surface area contributed by atoms with Crippen molar-refractivity contribution in [2.24, 2.45) is 7.05 Å². The monoisotopic (exact) mass is 366 g/mol. The van der Waals surface area contributed by atoms with Gasteiger partial charge in [0, 0.05) is 49.3 Å². The number of nitrogens with zero attached hydrogens (tertiary/aromatic N) is 4. The van der Waals surface area contributed by atoms with Crippen molar-refractivity contribution < 1.29 is 4.74 Å². The van der Waals surface area contributed by atoms with Crippen molar-refractivity contribution in [1.29, 1.82) is 0 Å². The lowest BCUT2D eigenvalue weighted by Gasteiger charge is -2.13. The number of hydrogen-bond donors (Lipinski definition) is 0. The topological polar surface area (TPSA) is 52.8 Å². The summed E-state index contributed by atoms with van der Waals surface area (Å²) < 4.78 is 7.49. The van der Waals surface area contributed by atoms with Crippen LogP contribution in [0.15, 0.2) is 18.3 Å². The molecule has 0 N–H and O–H groups in total. The molecule has 0 fully saturated rings. The van der Waals surface area contributed by atoms with E-state index in [9.17, 15) is 0 Å². The highest BCUT2D eigenvalue weighted by Gasteiger charge is 2.18. The molecule has 0 aromatic carbocycles. The maximum Gasteiger partial charge on any atom is 0.159 e. The molecule has 0 saturated heterocycles. The number of fused-ring (bicyclic) bond motifs is 1. The quantitative estimate of drug-likeness (QED) is 0.640. The molecule has 0 spiro atoms. The molecule has 3 aromatic heterocycles. The van der Waals surface area contributed by atoms with Gasteiger partial charge in [-0.05, 0) is 38.3 Å². The molecule has 0 aliphatic heterocycles. The van der Waals surface area contributed by atoms with Crippen LogP contribution < -0.4 is 0 Å². The molecule has 1 atom stereocenters. The third-order valence-corrected chi connectivity index (χ3v) is 5.13. The van der Waals surface area contributed by atoms with Gasteiger partial charge in [0.05, 0.1) is 17.5 Å². The van der Waals surface area contributed by atoms with Gasteiger partial charge in [0.2, 0.25) is 0 Å². The van der Waals surface area contributed by atoms with E-state index in [0.717, 1.165) is 52.3 Å². The summed E-state index contributed by atoms with van der Waals surface area (Å²) in [6, 6.07) is 4.27. The number of aromatic nitrogens is 4. The molecular weight excluding hydrogens is 336 g/mol. The first-order chi connectivity index (χ1) is 12.8. The van der Waals surface area contributed by atoms with E-state index in [2.05, 4.69) is 50.6 Å². The summed E-state index contributed by atoms with van der Waals surface area (Å²) >= 11 is 0. The Morgan fingerprint density at radius 1 is 1.11 bits per heavy atom. The van der Waals surface area contributed by atoms with Crippen molar-refractivity contribution in [3.8, 4) is 11.3 Å². The molecule has 5 heteroatoms. The number of rotatable bonds is 6. The molecule has 1 unspecified atom stereocenters. The van der Waals surface area contributed by atoms with Crippen LogP contribution in [0.3, 0.4) is 0 Å². The molecule has 0 amide bonds. The fourth-order valence-electron chi connectivity index (χ4n) is 3.45. The van der Waals surface area contributed by atoms with Crippen LogP contribution in [0.25, 0.3) is 22.4 Å². The van der Waals surface area contributed by atoms with Crippen molar-refractivity contribution in [1.82, 2.24) is 19.5 Å². The van der Waals surface area contributed by atoms with E-state index in [-0.39, 0.29) is 6.10 Å². The van der Waals surface area contributed by atoms with Crippen LogP contribution in [0.2, 0.25) is 0 Å². The number of methoxy groups -OCH3 is 1. The van der Waals surface area contributed by atoms with Gasteiger partial charge in [0.15, 0.2) is 5.65 Å². The molecule has 0 radical (unpaired) electrons. The largest absolute Gasteiger partial charge is 0.381 e. The Kier molecular flexibility index (Phi) is 5.61. The van der Waals surface area contributed by atoms with E-state index >= 15 is 0 Å². The standard InChI is InChI=1S/C22H30N4O/c1-8-18-17(9-10-19(24-18)13(2)3)20-15(5)23-21-16(11-14(4)27-7)12-26(6)22(21)25-20/h9-10,12-14H,8,11H2,1-7H3. The number of pyridine rings is 1. The van der Waals surface area contributed by atoms with Crippen LogP contribution in [-0.4, -0.2) is 32.7 Å². The lowest BCUT2D eigenvalue weighted by molar-refractivity contribution is 0.119. The van der Waals surface area contributed by atoms with Crippen LogP contribution >= 0.6 is 0 Å². The summed E-state index contributed by atoms with van der Waals surface area (Å²) in [6.45, 7) is 10.6.